The molecule has 1 N–H and O–H groups in total. The second-order valence-electron chi connectivity index (χ2n) is 5.30. The van der Waals surface area contributed by atoms with Crippen molar-refractivity contribution in [2.75, 3.05) is 6.54 Å². The molecule has 1 aromatic heterocycles. The van der Waals surface area contributed by atoms with Crippen LogP contribution >= 0.6 is 0 Å². The fourth-order valence-corrected chi connectivity index (χ4v) is 2.68. The predicted octanol–water partition coefficient (Wildman–Crippen LogP) is 3.07. The van der Waals surface area contributed by atoms with Crippen LogP contribution in [0.15, 0.2) is 28.7 Å². The third-order valence-electron chi connectivity index (χ3n) is 3.83. The van der Waals surface area contributed by atoms with Crippen molar-refractivity contribution < 1.29 is 9.21 Å². The van der Waals surface area contributed by atoms with E-state index in [9.17, 15) is 4.79 Å². The summed E-state index contributed by atoms with van der Waals surface area (Å²) in [6, 6.07) is 7.82. The molecule has 18 heavy (non-hydrogen) atoms. The standard InChI is InChI=1S/C15H17NO2/c1-10-5-3-6-11-9-12(18-13(10)11)14(17)15(2)7-4-8-16-15/h3,5-6,9,16H,4,7-8H2,1-2H3. The van der Waals surface area contributed by atoms with Crippen LogP contribution in [0.5, 0.6) is 0 Å². The summed E-state index contributed by atoms with van der Waals surface area (Å²) in [5, 5.41) is 4.28. The van der Waals surface area contributed by atoms with E-state index < -0.39 is 5.54 Å². The number of furan rings is 1. The Balaban J connectivity index is 2.04. The maximum atomic E-state index is 12.5. The zero-order valence-electron chi connectivity index (χ0n) is 10.7. The SMILES string of the molecule is Cc1cccc2cc(C(=O)C3(C)CCCN3)oc12. The Hall–Kier alpha value is -1.61. The van der Waals surface area contributed by atoms with Gasteiger partial charge in [0, 0.05) is 5.39 Å². The van der Waals surface area contributed by atoms with E-state index >= 15 is 0 Å². The van der Waals surface area contributed by atoms with E-state index in [0.717, 1.165) is 35.9 Å². The predicted molar refractivity (Wildman–Crippen MR) is 70.9 cm³/mol. The van der Waals surface area contributed by atoms with Gasteiger partial charge in [0.1, 0.15) is 5.58 Å². The maximum absolute atomic E-state index is 12.5. The van der Waals surface area contributed by atoms with Gasteiger partial charge >= 0.3 is 0 Å². The fourth-order valence-electron chi connectivity index (χ4n) is 2.68. The molecule has 0 bridgehead atoms. The number of fused-ring (bicyclic) bond motifs is 1. The van der Waals surface area contributed by atoms with E-state index in [1.165, 1.54) is 0 Å². The Bertz CT molecular complexity index is 606. The summed E-state index contributed by atoms with van der Waals surface area (Å²) in [6.07, 6.45) is 1.92. The van der Waals surface area contributed by atoms with Gasteiger partial charge in [-0.15, -0.1) is 0 Å². The molecule has 94 valence electrons. The summed E-state index contributed by atoms with van der Waals surface area (Å²) in [7, 11) is 0. The monoisotopic (exact) mass is 243 g/mol. The quantitative estimate of drug-likeness (QED) is 0.824. The molecule has 0 aliphatic carbocycles. The van der Waals surface area contributed by atoms with Crippen LogP contribution in [0.1, 0.15) is 35.9 Å². The minimum absolute atomic E-state index is 0.0654. The van der Waals surface area contributed by atoms with Gasteiger partial charge in [0.25, 0.3) is 0 Å². The van der Waals surface area contributed by atoms with Crippen LogP contribution in [0.4, 0.5) is 0 Å². The number of hydrogen-bond acceptors (Lipinski definition) is 3. The van der Waals surface area contributed by atoms with Gasteiger partial charge in [-0.2, -0.15) is 0 Å². The molecule has 1 fully saturated rings. The highest BCUT2D eigenvalue weighted by atomic mass is 16.3. The van der Waals surface area contributed by atoms with Crippen LogP contribution in [0.2, 0.25) is 0 Å². The fraction of sp³-hybridized carbons (Fsp3) is 0.400. The molecule has 0 radical (unpaired) electrons. The van der Waals surface area contributed by atoms with Crippen LogP contribution in [0, 0.1) is 6.92 Å². The van der Waals surface area contributed by atoms with E-state index in [0.29, 0.717) is 5.76 Å². The first-order valence-electron chi connectivity index (χ1n) is 6.39. The molecule has 0 amide bonds. The van der Waals surface area contributed by atoms with Crippen LogP contribution < -0.4 is 5.32 Å². The number of hydrogen-bond donors (Lipinski definition) is 1. The molecule has 1 aliphatic rings. The number of benzene rings is 1. The molecule has 1 aromatic carbocycles. The lowest BCUT2D eigenvalue weighted by Gasteiger charge is -2.20. The zero-order chi connectivity index (χ0) is 12.8. The van der Waals surface area contributed by atoms with Crippen LogP contribution in [-0.2, 0) is 0 Å². The Morgan fingerprint density at radius 2 is 2.28 bits per heavy atom. The molecule has 0 saturated carbocycles. The Morgan fingerprint density at radius 1 is 1.44 bits per heavy atom. The van der Waals surface area contributed by atoms with Crippen molar-refractivity contribution in [3.63, 3.8) is 0 Å². The lowest BCUT2D eigenvalue weighted by molar-refractivity contribution is 0.0857. The number of ketones is 1. The molecule has 1 atom stereocenters. The molecule has 2 heterocycles. The molecule has 1 saturated heterocycles. The maximum Gasteiger partial charge on any atom is 0.217 e. The molecule has 1 unspecified atom stereocenters. The molecular weight excluding hydrogens is 226 g/mol. The number of carbonyl (C=O) groups excluding carboxylic acids is 1. The number of para-hydroxylation sites is 1. The van der Waals surface area contributed by atoms with Crippen molar-refractivity contribution in [2.24, 2.45) is 0 Å². The largest absolute Gasteiger partial charge is 0.453 e. The number of carbonyl (C=O) groups is 1. The van der Waals surface area contributed by atoms with Crippen molar-refractivity contribution in [1.82, 2.24) is 5.32 Å². The molecule has 1 aliphatic heterocycles. The van der Waals surface area contributed by atoms with Gasteiger partial charge in [-0.25, -0.2) is 0 Å². The smallest absolute Gasteiger partial charge is 0.217 e. The Morgan fingerprint density at radius 3 is 2.94 bits per heavy atom. The number of nitrogens with one attached hydrogen (secondary N) is 1. The van der Waals surface area contributed by atoms with Crippen molar-refractivity contribution in [3.05, 3.63) is 35.6 Å². The first-order valence-corrected chi connectivity index (χ1v) is 6.39. The van der Waals surface area contributed by atoms with E-state index in [1.54, 1.807) is 0 Å². The molecule has 3 heteroatoms. The van der Waals surface area contributed by atoms with E-state index in [4.69, 9.17) is 4.42 Å². The van der Waals surface area contributed by atoms with Gasteiger partial charge < -0.3 is 9.73 Å². The summed E-state index contributed by atoms with van der Waals surface area (Å²) in [4.78, 5) is 12.5. The topological polar surface area (TPSA) is 42.2 Å². The zero-order valence-corrected chi connectivity index (χ0v) is 10.7. The van der Waals surface area contributed by atoms with Gasteiger partial charge in [-0.1, -0.05) is 18.2 Å². The van der Waals surface area contributed by atoms with Gasteiger partial charge in [0.2, 0.25) is 5.78 Å². The van der Waals surface area contributed by atoms with Crippen molar-refractivity contribution in [3.8, 4) is 0 Å². The lowest BCUT2D eigenvalue weighted by atomic mass is 9.93. The normalized spacial score (nSPS) is 23.7. The third kappa shape index (κ3) is 1.66. The summed E-state index contributed by atoms with van der Waals surface area (Å²) in [5.74, 6) is 0.534. The van der Waals surface area contributed by atoms with E-state index in [2.05, 4.69) is 5.32 Å². The summed E-state index contributed by atoms with van der Waals surface area (Å²) in [6.45, 7) is 4.86. The minimum Gasteiger partial charge on any atom is -0.453 e. The Labute approximate surface area is 106 Å². The highest BCUT2D eigenvalue weighted by Gasteiger charge is 2.38. The first kappa shape index (κ1) is 11.5. The van der Waals surface area contributed by atoms with Gasteiger partial charge in [-0.05, 0) is 44.9 Å². The van der Waals surface area contributed by atoms with E-state index in [-0.39, 0.29) is 5.78 Å². The van der Waals surface area contributed by atoms with Crippen molar-refractivity contribution in [2.45, 2.75) is 32.2 Å². The van der Waals surface area contributed by atoms with Crippen molar-refractivity contribution in [1.29, 1.82) is 0 Å². The molecular formula is C15H17NO2. The van der Waals surface area contributed by atoms with E-state index in [1.807, 2.05) is 38.1 Å². The van der Waals surface area contributed by atoms with Crippen molar-refractivity contribution >= 4 is 16.8 Å². The average Bonchev–Trinajstić information content (AvgIpc) is 2.96. The molecule has 3 rings (SSSR count). The molecule has 2 aromatic rings. The summed E-state index contributed by atoms with van der Waals surface area (Å²) >= 11 is 0. The van der Waals surface area contributed by atoms with Gasteiger partial charge in [0.15, 0.2) is 5.76 Å². The molecule has 0 spiro atoms. The average molecular weight is 243 g/mol. The minimum atomic E-state index is -0.457. The number of rotatable bonds is 2. The lowest BCUT2D eigenvalue weighted by Crippen LogP contribution is -2.44. The number of Topliss-reactive ketones (excluding diaryl/α,β-unsaturated/α-hetero) is 1. The number of aryl methyl sites for hydroxylation is 1. The summed E-state index contributed by atoms with van der Waals surface area (Å²) < 4.78 is 5.75. The highest BCUT2D eigenvalue weighted by molar-refractivity contribution is 6.03. The second-order valence-corrected chi connectivity index (χ2v) is 5.30. The first-order chi connectivity index (χ1) is 8.60. The van der Waals surface area contributed by atoms with Gasteiger partial charge in [-0.3, -0.25) is 4.79 Å². The summed E-state index contributed by atoms with van der Waals surface area (Å²) in [5.41, 5.74) is 1.43. The van der Waals surface area contributed by atoms with Crippen LogP contribution in [0.25, 0.3) is 11.0 Å². The third-order valence-corrected chi connectivity index (χ3v) is 3.83. The van der Waals surface area contributed by atoms with Crippen LogP contribution in [-0.4, -0.2) is 17.9 Å². The van der Waals surface area contributed by atoms with Crippen LogP contribution in [0.3, 0.4) is 0 Å². The Kier molecular flexibility index (Phi) is 2.52. The molecule has 3 nitrogen and oxygen atoms in total. The second kappa shape index (κ2) is 3.95. The van der Waals surface area contributed by atoms with Gasteiger partial charge in [0.05, 0.1) is 5.54 Å². The highest BCUT2D eigenvalue weighted by Crippen LogP contribution is 2.28.